The Bertz CT molecular complexity index is 374. The van der Waals surface area contributed by atoms with Gasteiger partial charge in [0.25, 0.3) is 5.91 Å². The lowest BCUT2D eigenvalue weighted by molar-refractivity contribution is -0.139. The summed E-state index contributed by atoms with van der Waals surface area (Å²) in [5.41, 5.74) is 0. The first-order chi connectivity index (χ1) is 8.77. The zero-order valence-corrected chi connectivity index (χ0v) is 10.7. The van der Waals surface area contributed by atoms with Crippen LogP contribution < -0.4 is 4.74 Å². The molecule has 1 atom stereocenters. The zero-order chi connectivity index (χ0) is 12.8. The maximum Gasteiger partial charge on any atom is 0.251 e. The number of hydrogen-bond acceptors (Lipinski definition) is 3. The Kier molecular flexibility index (Phi) is 4.59. The van der Waals surface area contributed by atoms with Gasteiger partial charge in [-0.25, -0.2) is 0 Å². The van der Waals surface area contributed by atoms with Crippen LogP contribution in [0.15, 0.2) is 30.3 Å². The Hall–Kier alpha value is -1.55. The number of carbonyl (C=O) groups is 1. The molecule has 0 aromatic heterocycles. The monoisotopic (exact) mass is 249 g/mol. The lowest BCUT2D eigenvalue weighted by atomic mass is 10.2. The van der Waals surface area contributed by atoms with E-state index in [2.05, 4.69) is 0 Å². The summed E-state index contributed by atoms with van der Waals surface area (Å²) in [6.45, 7) is 1.78. The molecular formula is C14H19NO3. The number of hydrogen-bond donors (Lipinski definition) is 0. The molecular weight excluding hydrogens is 230 g/mol. The van der Waals surface area contributed by atoms with Crippen molar-refractivity contribution in [2.24, 2.45) is 0 Å². The highest BCUT2D eigenvalue weighted by molar-refractivity contribution is 5.80. The van der Waals surface area contributed by atoms with Crippen LogP contribution in [0.3, 0.4) is 0 Å². The van der Waals surface area contributed by atoms with E-state index in [-0.39, 0.29) is 12.0 Å². The van der Waals surface area contributed by atoms with E-state index in [4.69, 9.17) is 9.47 Å². The number of likely N-dealkylation sites (N-methyl/N-ethyl adjacent to an activating group) is 1. The molecule has 1 aliphatic heterocycles. The van der Waals surface area contributed by atoms with Gasteiger partial charge < -0.3 is 14.4 Å². The van der Waals surface area contributed by atoms with Crippen LogP contribution in [0.1, 0.15) is 12.8 Å². The van der Waals surface area contributed by atoms with Crippen LogP contribution in [0, 0.1) is 0 Å². The van der Waals surface area contributed by atoms with E-state index < -0.39 is 0 Å². The van der Waals surface area contributed by atoms with Crippen molar-refractivity contribution in [1.82, 2.24) is 4.90 Å². The van der Waals surface area contributed by atoms with Crippen molar-refractivity contribution < 1.29 is 14.3 Å². The van der Waals surface area contributed by atoms with E-state index in [1.165, 1.54) is 0 Å². The molecule has 0 saturated carbocycles. The number of carbonyl (C=O) groups excluding carboxylic acids is 1. The third-order valence-corrected chi connectivity index (χ3v) is 3.02. The number of amides is 1. The SMILES string of the molecule is CN(CCOc1ccccc1)C(=O)C1CCCO1. The summed E-state index contributed by atoms with van der Waals surface area (Å²) in [6.07, 6.45) is 1.57. The van der Waals surface area contributed by atoms with E-state index >= 15 is 0 Å². The predicted octanol–water partition coefficient (Wildman–Crippen LogP) is 1.70. The van der Waals surface area contributed by atoms with Gasteiger partial charge in [0.1, 0.15) is 18.5 Å². The molecule has 1 amide bonds. The van der Waals surface area contributed by atoms with Gasteiger partial charge in [-0.1, -0.05) is 18.2 Å². The fourth-order valence-corrected chi connectivity index (χ4v) is 1.95. The Morgan fingerprint density at radius 1 is 1.44 bits per heavy atom. The predicted molar refractivity (Wildman–Crippen MR) is 68.5 cm³/mol. The fourth-order valence-electron chi connectivity index (χ4n) is 1.95. The van der Waals surface area contributed by atoms with Gasteiger partial charge in [-0.3, -0.25) is 4.79 Å². The lowest BCUT2D eigenvalue weighted by Gasteiger charge is -2.20. The average Bonchev–Trinajstić information content (AvgIpc) is 2.93. The van der Waals surface area contributed by atoms with Crippen molar-refractivity contribution in [3.63, 3.8) is 0 Å². The molecule has 0 spiro atoms. The first-order valence-corrected chi connectivity index (χ1v) is 6.32. The molecule has 1 aliphatic rings. The standard InChI is InChI=1S/C14H19NO3/c1-15(14(16)13-8-5-10-18-13)9-11-17-12-6-3-2-4-7-12/h2-4,6-7,13H,5,8-11H2,1H3. The molecule has 1 fully saturated rings. The average molecular weight is 249 g/mol. The highest BCUT2D eigenvalue weighted by Gasteiger charge is 2.26. The third-order valence-electron chi connectivity index (χ3n) is 3.02. The summed E-state index contributed by atoms with van der Waals surface area (Å²) in [4.78, 5) is 13.6. The van der Waals surface area contributed by atoms with E-state index in [9.17, 15) is 4.79 Å². The van der Waals surface area contributed by atoms with Gasteiger partial charge >= 0.3 is 0 Å². The first-order valence-electron chi connectivity index (χ1n) is 6.32. The smallest absolute Gasteiger partial charge is 0.251 e. The Morgan fingerprint density at radius 2 is 2.22 bits per heavy atom. The summed E-state index contributed by atoms with van der Waals surface area (Å²) in [5, 5.41) is 0. The minimum absolute atomic E-state index is 0.0594. The Balaban J connectivity index is 1.71. The van der Waals surface area contributed by atoms with Gasteiger partial charge in [0, 0.05) is 13.7 Å². The Labute approximate surface area is 107 Å². The molecule has 0 bridgehead atoms. The second kappa shape index (κ2) is 6.40. The number of ether oxygens (including phenoxy) is 2. The Morgan fingerprint density at radius 3 is 2.89 bits per heavy atom. The van der Waals surface area contributed by atoms with Crippen molar-refractivity contribution in [2.45, 2.75) is 18.9 Å². The van der Waals surface area contributed by atoms with Gasteiger partial charge in [0.2, 0.25) is 0 Å². The minimum atomic E-state index is -0.244. The van der Waals surface area contributed by atoms with Crippen LogP contribution in [0.2, 0.25) is 0 Å². The first kappa shape index (κ1) is 12.9. The highest BCUT2D eigenvalue weighted by Crippen LogP contribution is 2.14. The molecule has 18 heavy (non-hydrogen) atoms. The maximum absolute atomic E-state index is 11.9. The van der Waals surface area contributed by atoms with Gasteiger partial charge in [-0.2, -0.15) is 0 Å². The highest BCUT2D eigenvalue weighted by atomic mass is 16.5. The van der Waals surface area contributed by atoms with E-state index in [0.29, 0.717) is 19.8 Å². The molecule has 98 valence electrons. The lowest BCUT2D eigenvalue weighted by Crippen LogP contribution is -2.38. The van der Waals surface area contributed by atoms with E-state index in [0.717, 1.165) is 18.6 Å². The quantitative estimate of drug-likeness (QED) is 0.797. The summed E-state index contributed by atoms with van der Waals surface area (Å²) in [6, 6.07) is 9.61. The van der Waals surface area contributed by atoms with Crippen LogP contribution in [0.25, 0.3) is 0 Å². The third kappa shape index (κ3) is 3.47. The van der Waals surface area contributed by atoms with Crippen molar-refractivity contribution in [1.29, 1.82) is 0 Å². The van der Waals surface area contributed by atoms with E-state index in [1.807, 2.05) is 30.3 Å². The zero-order valence-electron chi connectivity index (χ0n) is 10.7. The van der Waals surface area contributed by atoms with Gasteiger partial charge in [0.15, 0.2) is 0 Å². The van der Waals surface area contributed by atoms with Crippen molar-refractivity contribution in [2.75, 3.05) is 26.8 Å². The van der Waals surface area contributed by atoms with Crippen LogP contribution in [-0.4, -0.2) is 43.7 Å². The normalized spacial score (nSPS) is 18.6. The summed E-state index contributed by atoms with van der Waals surface area (Å²) in [5.74, 6) is 0.889. The van der Waals surface area contributed by atoms with Crippen LogP contribution >= 0.6 is 0 Å². The maximum atomic E-state index is 11.9. The molecule has 1 heterocycles. The molecule has 1 aromatic rings. The topological polar surface area (TPSA) is 38.8 Å². The molecule has 1 saturated heterocycles. The summed E-state index contributed by atoms with van der Waals surface area (Å²) < 4.78 is 10.9. The number of nitrogens with zero attached hydrogens (tertiary/aromatic N) is 1. The molecule has 0 N–H and O–H groups in total. The molecule has 4 nitrogen and oxygen atoms in total. The number of rotatable bonds is 5. The van der Waals surface area contributed by atoms with Gasteiger partial charge in [0.05, 0.1) is 6.54 Å². The minimum Gasteiger partial charge on any atom is -0.492 e. The van der Waals surface area contributed by atoms with Gasteiger partial charge in [-0.05, 0) is 25.0 Å². The van der Waals surface area contributed by atoms with Crippen LogP contribution in [-0.2, 0) is 9.53 Å². The molecule has 2 rings (SSSR count). The van der Waals surface area contributed by atoms with E-state index in [1.54, 1.807) is 11.9 Å². The largest absolute Gasteiger partial charge is 0.492 e. The van der Waals surface area contributed by atoms with Gasteiger partial charge in [-0.15, -0.1) is 0 Å². The fraction of sp³-hybridized carbons (Fsp3) is 0.500. The van der Waals surface area contributed by atoms with Crippen molar-refractivity contribution in [3.05, 3.63) is 30.3 Å². The summed E-state index contributed by atoms with van der Waals surface area (Å²) >= 11 is 0. The van der Waals surface area contributed by atoms with Crippen LogP contribution in [0.5, 0.6) is 5.75 Å². The van der Waals surface area contributed by atoms with Crippen LogP contribution in [0.4, 0.5) is 0 Å². The summed E-state index contributed by atoms with van der Waals surface area (Å²) in [7, 11) is 1.79. The number of benzene rings is 1. The molecule has 1 aromatic carbocycles. The van der Waals surface area contributed by atoms with Crippen molar-refractivity contribution in [3.8, 4) is 5.75 Å². The molecule has 0 radical (unpaired) electrons. The molecule has 1 unspecified atom stereocenters. The molecule has 0 aliphatic carbocycles. The number of para-hydroxylation sites is 1. The van der Waals surface area contributed by atoms with Crippen molar-refractivity contribution >= 4 is 5.91 Å². The second-order valence-corrected chi connectivity index (χ2v) is 4.42. The second-order valence-electron chi connectivity index (χ2n) is 4.42. The molecule has 4 heteroatoms.